The number of carbonyl (C=O) groups excluding carboxylic acids is 1. The van der Waals surface area contributed by atoms with E-state index in [4.69, 9.17) is 0 Å². The summed E-state index contributed by atoms with van der Waals surface area (Å²) >= 11 is 1.39. The quantitative estimate of drug-likeness (QED) is 0.622. The second-order valence-electron chi connectivity index (χ2n) is 1.52. The maximum atomic E-state index is 9.71. The summed E-state index contributed by atoms with van der Waals surface area (Å²) in [6.07, 6.45) is 1.55. The Morgan fingerprint density at radius 1 is 1.89 bits per heavy atom. The van der Waals surface area contributed by atoms with Gasteiger partial charge in [0.15, 0.2) is 5.13 Å². The van der Waals surface area contributed by atoms with Crippen LogP contribution in [0.4, 0.5) is 5.13 Å². The van der Waals surface area contributed by atoms with Crippen LogP contribution in [0.5, 0.6) is 0 Å². The second-order valence-corrected chi connectivity index (χ2v) is 2.38. The number of hydrogen-bond acceptors (Lipinski definition) is 3. The van der Waals surface area contributed by atoms with Crippen LogP contribution < -0.4 is 5.32 Å². The molecule has 0 spiro atoms. The number of rotatable bonds is 2. The first-order valence-electron chi connectivity index (χ1n) is 2.38. The number of nitrogens with zero attached hydrogens (tertiary/aromatic N) is 1. The predicted molar refractivity (Wildman–Crippen MR) is 36.2 cm³/mol. The summed E-state index contributed by atoms with van der Waals surface area (Å²) in [6.45, 7) is 1.87. The van der Waals surface area contributed by atoms with Crippen LogP contribution in [0, 0.1) is 6.92 Å². The fraction of sp³-hybridized carbons (Fsp3) is 0.200. The summed E-state index contributed by atoms with van der Waals surface area (Å²) in [5.74, 6) is 0. The Bertz CT molecular complexity index is 208. The van der Waals surface area contributed by atoms with E-state index in [0.29, 0.717) is 5.13 Å². The summed E-state index contributed by atoms with van der Waals surface area (Å²) in [7, 11) is 0. The van der Waals surface area contributed by atoms with Gasteiger partial charge in [-0.25, -0.2) is 4.98 Å². The summed E-state index contributed by atoms with van der Waals surface area (Å²) in [4.78, 5) is 13.7. The van der Waals surface area contributed by atoms with Crippen LogP contribution >= 0.6 is 11.3 Å². The molecule has 0 atom stereocenters. The molecule has 0 aliphatic heterocycles. The minimum Gasteiger partial charge on any atom is -0.294 e. The molecule has 0 aromatic carbocycles. The van der Waals surface area contributed by atoms with Crippen molar-refractivity contribution in [3.8, 4) is 0 Å². The van der Waals surface area contributed by atoms with Gasteiger partial charge in [-0.1, -0.05) is 0 Å². The Labute approximate surface area is 56.7 Å². The minimum absolute atomic E-state index is 0.600. The SMILES string of the molecule is Cc1csc(N[C]=O)n1. The van der Waals surface area contributed by atoms with Crippen molar-refractivity contribution >= 4 is 22.9 Å². The molecule has 1 rings (SSSR count). The Hall–Kier alpha value is -0.900. The van der Waals surface area contributed by atoms with Crippen LogP contribution in [0.3, 0.4) is 0 Å². The van der Waals surface area contributed by atoms with Crippen molar-refractivity contribution in [3.05, 3.63) is 11.1 Å². The molecule has 0 fully saturated rings. The van der Waals surface area contributed by atoms with Crippen LogP contribution in [0.15, 0.2) is 5.38 Å². The highest BCUT2D eigenvalue weighted by atomic mass is 32.1. The van der Waals surface area contributed by atoms with Crippen LogP contribution in [0.2, 0.25) is 0 Å². The summed E-state index contributed by atoms with van der Waals surface area (Å²) in [5.41, 5.74) is 0.915. The Morgan fingerprint density at radius 3 is 3.11 bits per heavy atom. The standard InChI is InChI=1S/C5H5N2OS/c1-4-2-9-5(7-4)6-3-8/h2H,1H3,(H,6,7,8). The van der Waals surface area contributed by atoms with Crippen molar-refractivity contribution in [2.24, 2.45) is 0 Å². The van der Waals surface area contributed by atoms with Crippen LogP contribution in [-0.4, -0.2) is 11.4 Å². The Kier molecular flexibility index (Phi) is 1.79. The lowest BCUT2D eigenvalue weighted by Gasteiger charge is -1.82. The summed E-state index contributed by atoms with van der Waals surface area (Å²) in [6, 6.07) is 0. The smallest absolute Gasteiger partial charge is 0.294 e. The molecule has 4 heteroatoms. The highest BCUT2D eigenvalue weighted by Gasteiger charge is 1.93. The maximum absolute atomic E-state index is 9.71. The highest BCUT2D eigenvalue weighted by Crippen LogP contribution is 2.12. The Balaban J connectivity index is 2.72. The number of thiazole rings is 1. The number of anilines is 1. The molecule has 47 valence electrons. The van der Waals surface area contributed by atoms with Gasteiger partial charge in [0.1, 0.15) is 0 Å². The van der Waals surface area contributed by atoms with Gasteiger partial charge in [-0.3, -0.25) is 10.1 Å². The molecule has 1 aromatic rings. The fourth-order valence-corrected chi connectivity index (χ4v) is 1.09. The third-order valence-corrected chi connectivity index (χ3v) is 1.65. The van der Waals surface area contributed by atoms with E-state index in [2.05, 4.69) is 10.3 Å². The molecule has 1 heterocycles. The lowest BCUT2D eigenvalue weighted by atomic mass is 10.6. The molecule has 3 nitrogen and oxygen atoms in total. The number of amides is 1. The van der Waals surface area contributed by atoms with Crippen molar-refractivity contribution in [2.45, 2.75) is 6.92 Å². The molecule has 0 bridgehead atoms. The van der Waals surface area contributed by atoms with E-state index >= 15 is 0 Å². The third kappa shape index (κ3) is 1.50. The Morgan fingerprint density at radius 2 is 2.67 bits per heavy atom. The highest BCUT2D eigenvalue weighted by molar-refractivity contribution is 7.13. The molecule has 0 saturated carbocycles. The average molecular weight is 141 g/mol. The normalized spacial score (nSPS) is 9.00. The topological polar surface area (TPSA) is 42.0 Å². The lowest BCUT2D eigenvalue weighted by molar-refractivity contribution is 0.561. The van der Waals surface area contributed by atoms with Crippen molar-refractivity contribution in [2.75, 3.05) is 5.32 Å². The van der Waals surface area contributed by atoms with Crippen LogP contribution in [0.25, 0.3) is 0 Å². The second kappa shape index (κ2) is 2.59. The van der Waals surface area contributed by atoms with E-state index in [1.54, 1.807) is 6.41 Å². The molecule has 1 radical (unpaired) electrons. The van der Waals surface area contributed by atoms with Gasteiger partial charge < -0.3 is 0 Å². The molecular weight excluding hydrogens is 136 g/mol. The van der Waals surface area contributed by atoms with Crippen molar-refractivity contribution in [1.82, 2.24) is 4.98 Å². The molecular formula is C5H5N2OS. The van der Waals surface area contributed by atoms with Crippen molar-refractivity contribution in [1.29, 1.82) is 0 Å². The van der Waals surface area contributed by atoms with Crippen molar-refractivity contribution in [3.63, 3.8) is 0 Å². The first kappa shape index (κ1) is 6.22. The van der Waals surface area contributed by atoms with Gasteiger partial charge in [-0.2, -0.15) is 0 Å². The molecule has 9 heavy (non-hydrogen) atoms. The molecule has 0 unspecified atom stereocenters. The van der Waals surface area contributed by atoms with Gasteiger partial charge in [-0.05, 0) is 6.92 Å². The van der Waals surface area contributed by atoms with Gasteiger partial charge in [0.25, 0.3) is 0 Å². The average Bonchev–Trinajstić information content (AvgIpc) is 2.17. The monoisotopic (exact) mass is 141 g/mol. The van der Waals surface area contributed by atoms with Gasteiger partial charge in [0.2, 0.25) is 0 Å². The molecule has 0 aliphatic rings. The van der Waals surface area contributed by atoms with Crippen LogP contribution in [0.1, 0.15) is 5.69 Å². The zero-order valence-corrected chi connectivity index (χ0v) is 5.66. The van der Waals surface area contributed by atoms with E-state index in [1.165, 1.54) is 11.3 Å². The van der Waals surface area contributed by atoms with Gasteiger partial charge in [0.05, 0.1) is 5.69 Å². The number of aryl methyl sites for hydroxylation is 1. The van der Waals surface area contributed by atoms with E-state index in [1.807, 2.05) is 12.3 Å². The van der Waals surface area contributed by atoms with E-state index in [0.717, 1.165) is 5.69 Å². The summed E-state index contributed by atoms with van der Waals surface area (Å²) < 4.78 is 0. The van der Waals surface area contributed by atoms with Gasteiger partial charge in [-0.15, -0.1) is 11.3 Å². The number of hydrogen-bond donors (Lipinski definition) is 1. The summed E-state index contributed by atoms with van der Waals surface area (Å²) in [5, 5.41) is 4.79. The van der Waals surface area contributed by atoms with Crippen molar-refractivity contribution < 1.29 is 4.79 Å². The van der Waals surface area contributed by atoms with Gasteiger partial charge >= 0.3 is 6.41 Å². The zero-order chi connectivity index (χ0) is 6.69. The molecule has 0 aliphatic carbocycles. The zero-order valence-electron chi connectivity index (χ0n) is 4.84. The first-order chi connectivity index (χ1) is 4.33. The van der Waals surface area contributed by atoms with E-state index in [-0.39, 0.29) is 0 Å². The maximum Gasteiger partial charge on any atom is 0.315 e. The van der Waals surface area contributed by atoms with Crippen LogP contribution in [-0.2, 0) is 4.79 Å². The molecule has 1 aromatic heterocycles. The van der Waals surface area contributed by atoms with Gasteiger partial charge in [0, 0.05) is 5.38 Å². The molecule has 1 amide bonds. The lowest BCUT2D eigenvalue weighted by Crippen LogP contribution is -1.91. The minimum atomic E-state index is 0.600. The van der Waals surface area contributed by atoms with E-state index < -0.39 is 0 Å². The third-order valence-electron chi connectivity index (χ3n) is 0.777. The largest absolute Gasteiger partial charge is 0.315 e. The van der Waals surface area contributed by atoms with E-state index in [9.17, 15) is 4.79 Å². The number of aromatic nitrogens is 1. The predicted octanol–water partition coefficient (Wildman–Crippen LogP) is 0.931. The fourth-order valence-electron chi connectivity index (χ4n) is 0.455. The molecule has 0 saturated heterocycles. The number of nitrogens with one attached hydrogen (secondary N) is 1. The first-order valence-corrected chi connectivity index (χ1v) is 3.26. The molecule has 1 N–H and O–H groups in total.